The summed E-state index contributed by atoms with van der Waals surface area (Å²) in [5, 5.41) is 4.79. The third-order valence-corrected chi connectivity index (χ3v) is 4.91. The Bertz CT molecular complexity index is 1060. The van der Waals surface area contributed by atoms with Gasteiger partial charge in [0.1, 0.15) is 17.1 Å². The van der Waals surface area contributed by atoms with Crippen molar-refractivity contribution in [1.29, 1.82) is 0 Å². The minimum absolute atomic E-state index is 0.132. The molecule has 0 bridgehead atoms. The Morgan fingerprint density at radius 3 is 2.59 bits per heavy atom. The van der Waals surface area contributed by atoms with Gasteiger partial charge in [0.25, 0.3) is 5.91 Å². The first kappa shape index (κ1) is 18.8. The molecular formula is C23H21NO5. The van der Waals surface area contributed by atoms with E-state index in [2.05, 4.69) is 5.32 Å². The predicted octanol–water partition coefficient (Wildman–Crippen LogP) is 3.65. The second kappa shape index (κ2) is 8.22. The number of hydrogen-bond donors (Lipinski definition) is 1. The molecule has 0 saturated heterocycles. The topological polar surface area (TPSA) is 73.9 Å². The molecule has 3 aromatic rings. The van der Waals surface area contributed by atoms with Crippen molar-refractivity contribution in [2.24, 2.45) is 0 Å². The van der Waals surface area contributed by atoms with E-state index in [1.807, 2.05) is 48.5 Å². The quantitative estimate of drug-likeness (QED) is 0.672. The second-order valence-corrected chi connectivity index (χ2v) is 6.77. The van der Waals surface area contributed by atoms with Crippen LogP contribution in [0.1, 0.15) is 28.4 Å². The van der Waals surface area contributed by atoms with Crippen LogP contribution in [0.3, 0.4) is 0 Å². The molecule has 1 aliphatic rings. The van der Waals surface area contributed by atoms with Crippen molar-refractivity contribution in [2.75, 3.05) is 20.3 Å². The molecule has 6 heteroatoms. The number of para-hydroxylation sites is 1. The number of rotatable bonds is 5. The smallest absolute Gasteiger partial charge is 0.341 e. The van der Waals surface area contributed by atoms with Crippen LogP contribution in [0.2, 0.25) is 0 Å². The van der Waals surface area contributed by atoms with E-state index in [-0.39, 0.29) is 24.1 Å². The maximum absolute atomic E-state index is 12.5. The van der Waals surface area contributed by atoms with Gasteiger partial charge in [0.2, 0.25) is 0 Å². The molecule has 4 rings (SSSR count). The summed E-state index contributed by atoms with van der Waals surface area (Å²) < 4.78 is 16.2. The number of methoxy groups -OCH3 is 1. The van der Waals surface area contributed by atoms with Crippen molar-refractivity contribution >= 4 is 22.6 Å². The van der Waals surface area contributed by atoms with Crippen molar-refractivity contribution in [2.45, 2.75) is 12.5 Å². The van der Waals surface area contributed by atoms with Crippen molar-refractivity contribution in [3.63, 3.8) is 0 Å². The molecule has 0 aromatic heterocycles. The summed E-state index contributed by atoms with van der Waals surface area (Å²) in [6.07, 6.45) is 0.687. The lowest BCUT2D eigenvalue weighted by atomic mass is 10.0. The van der Waals surface area contributed by atoms with E-state index >= 15 is 0 Å². The maximum Gasteiger partial charge on any atom is 0.341 e. The van der Waals surface area contributed by atoms with E-state index in [4.69, 9.17) is 14.2 Å². The molecule has 1 N–H and O–H groups in total. The number of carbonyl (C=O) groups is 2. The summed E-state index contributed by atoms with van der Waals surface area (Å²) in [5.74, 6) is 0.325. The van der Waals surface area contributed by atoms with Crippen LogP contribution in [0.5, 0.6) is 11.5 Å². The lowest BCUT2D eigenvalue weighted by Crippen LogP contribution is -2.35. The summed E-state index contributed by atoms with van der Waals surface area (Å²) in [7, 11) is 1.32. The molecule has 0 spiro atoms. The molecule has 1 heterocycles. The van der Waals surface area contributed by atoms with Gasteiger partial charge in [-0.05, 0) is 29.0 Å². The minimum Gasteiger partial charge on any atom is -0.493 e. The van der Waals surface area contributed by atoms with E-state index in [1.165, 1.54) is 7.11 Å². The number of amides is 1. The van der Waals surface area contributed by atoms with E-state index in [0.29, 0.717) is 18.8 Å². The van der Waals surface area contributed by atoms with Gasteiger partial charge in [-0.25, -0.2) is 4.79 Å². The highest BCUT2D eigenvalue weighted by atomic mass is 16.5. The molecule has 3 aromatic carbocycles. The zero-order chi connectivity index (χ0) is 20.2. The Morgan fingerprint density at radius 2 is 1.79 bits per heavy atom. The van der Waals surface area contributed by atoms with Crippen LogP contribution in [-0.2, 0) is 9.53 Å². The Balaban J connectivity index is 1.49. The van der Waals surface area contributed by atoms with Crippen molar-refractivity contribution in [3.05, 3.63) is 71.8 Å². The van der Waals surface area contributed by atoms with Gasteiger partial charge in [0.15, 0.2) is 6.61 Å². The van der Waals surface area contributed by atoms with Gasteiger partial charge in [0, 0.05) is 12.0 Å². The Hall–Kier alpha value is -3.54. The molecule has 1 aliphatic heterocycles. The number of hydrogen-bond acceptors (Lipinski definition) is 5. The van der Waals surface area contributed by atoms with Crippen LogP contribution in [0.25, 0.3) is 10.8 Å². The molecule has 6 nitrogen and oxygen atoms in total. The molecule has 0 aliphatic carbocycles. The van der Waals surface area contributed by atoms with E-state index in [1.54, 1.807) is 12.1 Å². The summed E-state index contributed by atoms with van der Waals surface area (Å²) in [4.78, 5) is 24.7. The molecule has 148 valence electrons. The Kier molecular flexibility index (Phi) is 5.33. The minimum atomic E-state index is -0.510. The lowest BCUT2D eigenvalue weighted by Gasteiger charge is -2.26. The fourth-order valence-corrected chi connectivity index (χ4v) is 3.48. The van der Waals surface area contributed by atoms with Gasteiger partial charge in [-0.15, -0.1) is 0 Å². The third kappa shape index (κ3) is 4.01. The zero-order valence-electron chi connectivity index (χ0n) is 16.0. The largest absolute Gasteiger partial charge is 0.493 e. The van der Waals surface area contributed by atoms with Crippen LogP contribution in [-0.4, -0.2) is 32.2 Å². The Morgan fingerprint density at radius 1 is 1.07 bits per heavy atom. The van der Waals surface area contributed by atoms with Crippen LogP contribution in [0, 0.1) is 0 Å². The summed E-state index contributed by atoms with van der Waals surface area (Å²) in [6.45, 7) is 0.335. The van der Waals surface area contributed by atoms with Gasteiger partial charge < -0.3 is 19.5 Å². The number of ether oxygens (including phenoxy) is 3. The normalized spacial score (nSPS) is 15.1. The molecule has 0 fully saturated rings. The highest BCUT2D eigenvalue weighted by Gasteiger charge is 2.23. The molecule has 0 saturated carbocycles. The number of nitrogens with one attached hydrogen (secondary N) is 1. The highest BCUT2D eigenvalue weighted by molar-refractivity contribution is 5.98. The summed E-state index contributed by atoms with van der Waals surface area (Å²) >= 11 is 0. The van der Waals surface area contributed by atoms with E-state index in [9.17, 15) is 9.59 Å². The molecular weight excluding hydrogens is 370 g/mol. The zero-order valence-corrected chi connectivity index (χ0v) is 16.0. The monoisotopic (exact) mass is 391 g/mol. The number of benzene rings is 3. The van der Waals surface area contributed by atoms with Crippen molar-refractivity contribution < 1.29 is 23.8 Å². The third-order valence-electron chi connectivity index (χ3n) is 4.91. The number of esters is 1. The molecule has 1 amide bonds. The number of fused-ring (bicyclic) bond motifs is 2. The molecule has 0 radical (unpaired) electrons. The van der Waals surface area contributed by atoms with Crippen LogP contribution >= 0.6 is 0 Å². The van der Waals surface area contributed by atoms with Crippen molar-refractivity contribution in [1.82, 2.24) is 5.32 Å². The van der Waals surface area contributed by atoms with E-state index in [0.717, 1.165) is 22.1 Å². The number of carbonyl (C=O) groups excluding carboxylic acids is 2. The first-order valence-corrected chi connectivity index (χ1v) is 9.40. The van der Waals surface area contributed by atoms with Crippen LogP contribution < -0.4 is 14.8 Å². The molecule has 1 atom stereocenters. The first-order valence-electron chi connectivity index (χ1n) is 9.40. The SMILES string of the molecule is COC(=O)c1cc2ccccc2cc1OCC(=O)N[C@@H]1CCOc2ccccc21. The van der Waals surface area contributed by atoms with Gasteiger partial charge in [-0.1, -0.05) is 42.5 Å². The average molecular weight is 391 g/mol. The summed E-state index contributed by atoms with van der Waals surface area (Å²) in [5.41, 5.74) is 1.24. The van der Waals surface area contributed by atoms with Gasteiger partial charge in [-0.2, -0.15) is 0 Å². The first-order chi connectivity index (χ1) is 14.2. The van der Waals surface area contributed by atoms with Crippen LogP contribution in [0.4, 0.5) is 0 Å². The van der Waals surface area contributed by atoms with Gasteiger partial charge >= 0.3 is 5.97 Å². The second-order valence-electron chi connectivity index (χ2n) is 6.77. The Labute approximate surface area is 168 Å². The fraction of sp³-hybridized carbons (Fsp3) is 0.217. The van der Waals surface area contributed by atoms with Crippen LogP contribution in [0.15, 0.2) is 60.7 Å². The molecule has 0 unspecified atom stereocenters. The maximum atomic E-state index is 12.5. The highest BCUT2D eigenvalue weighted by Crippen LogP contribution is 2.31. The van der Waals surface area contributed by atoms with E-state index < -0.39 is 5.97 Å². The van der Waals surface area contributed by atoms with Crippen molar-refractivity contribution in [3.8, 4) is 11.5 Å². The lowest BCUT2D eigenvalue weighted by molar-refractivity contribution is -0.124. The standard InChI is InChI=1S/C23H21NO5/c1-27-23(26)18-12-15-6-2-3-7-16(15)13-21(18)29-14-22(25)24-19-10-11-28-20-9-5-4-8-17(19)20/h2-9,12-13,19H,10-11,14H2,1H3,(H,24,25)/t19-/m1/s1. The average Bonchev–Trinajstić information content (AvgIpc) is 2.76. The molecule has 29 heavy (non-hydrogen) atoms. The fourth-order valence-electron chi connectivity index (χ4n) is 3.48. The van der Waals surface area contributed by atoms with Gasteiger partial charge in [-0.3, -0.25) is 4.79 Å². The predicted molar refractivity (Wildman–Crippen MR) is 108 cm³/mol. The van der Waals surface area contributed by atoms with Gasteiger partial charge in [0.05, 0.1) is 19.8 Å². The summed E-state index contributed by atoms with van der Waals surface area (Å²) in [6, 6.07) is 18.6.